The predicted molar refractivity (Wildman–Crippen MR) is 144 cm³/mol. The fourth-order valence-electron chi connectivity index (χ4n) is 3.40. The zero-order chi connectivity index (χ0) is 25.5. The highest BCUT2D eigenvalue weighted by atomic mass is 32.1. The van der Waals surface area contributed by atoms with Gasteiger partial charge in [-0.05, 0) is 72.8 Å². The second-order valence-electron chi connectivity index (χ2n) is 7.68. The number of nitrogens with zero attached hydrogens (tertiary/aromatic N) is 1. The summed E-state index contributed by atoms with van der Waals surface area (Å²) in [6, 6.07) is 29.7. The minimum atomic E-state index is -3.79. The molecule has 0 aliphatic heterocycles. The first-order valence-corrected chi connectivity index (χ1v) is 13.0. The van der Waals surface area contributed by atoms with Crippen molar-refractivity contribution in [1.82, 2.24) is 0 Å². The lowest BCUT2D eigenvalue weighted by Crippen LogP contribution is -2.26. The Morgan fingerprint density at radius 1 is 0.694 bits per heavy atom. The summed E-state index contributed by atoms with van der Waals surface area (Å²) in [6.45, 7) is 0. The van der Waals surface area contributed by atoms with Crippen LogP contribution in [0.1, 0.15) is 20.7 Å². The Bertz CT molecular complexity index is 1390. The van der Waals surface area contributed by atoms with Gasteiger partial charge in [-0.15, -0.1) is 12.6 Å². The fraction of sp³-hybridized carbons (Fsp3) is 0.0357. The molecule has 0 aliphatic carbocycles. The van der Waals surface area contributed by atoms with E-state index in [2.05, 4.69) is 17.8 Å². The first-order valence-electron chi connectivity index (χ1n) is 10.9. The molecular weight excluding hydrogens is 493 g/mol. The lowest BCUT2D eigenvalue weighted by molar-refractivity contribution is 0.101. The van der Waals surface area contributed by atoms with Crippen molar-refractivity contribution >= 4 is 47.9 Å². The molecular formula is C28H22NO5PS. The predicted octanol–water partition coefficient (Wildman–Crippen LogP) is 5.35. The molecule has 0 aliphatic rings. The van der Waals surface area contributed by atoms with Gasteiger partial charge in [0.25, 0.3) is 0 Å². The second kappa shape index (κ2) is 11.2. The topological polar surface area (TPSA) is 82.0 Å². The summed E-state index contributed by atoms with van der Waals surface area (Å²) in [6.07, 6.45) is 0. The average molecular weight is 516 g/mol. The number of carbonyl (C=O) groups excluding carboxylic acids is 2. The number of hydrogen-bond acceptors (Lipinski definition) is 7. The normalized spacial score (nSPS) is 11.6. The van der Waals surface area contributed by atoms with Gasteiger partial charge in [-0.2, -0.15) is 0 Å². The Morgan fingerprint density at radius 3 is 1.58 bits per heavy atom. The number of oxime groups is 1. The molecule has 180 valence electrons. The summed E-state index contributed by atoms with van der Waals surface area (Å²) in [4.78, 5) is 27.5. The first-order chi connectivity index (χ1) is 17.4. The maximum absolute atomic E-state index is 14.2. The lowest BCUT2D eigenvalue weighted by atomic mass is 9.99. The Hall–Kier alpha value is -3.93. The van der Waals surface area contributed by atoms with E-state index < -0.39 is 24.6 Å². The maximum atomic E-state index is 14.2. The Kier molecular flexibility index (Phi) is 7.84. The zero-order valence-electron chi connectivity index (χ0n) is 19.3. The van der Waals surface area contributed by atoms with Gasteiger partial charge in [-0.1, -0.05) is 41.6 Å². The number of methoxy groups -OCH3 is 1. The molecule has 0 radical (unpaired) electrons. The molecule has 6 nitrogen and oxygen atoms in total. The van der Waals surface area contributed by atoms with Crippen molar-refractivity contribution in [2.45, 2.75) is 4.90 Å². The van der Waals surface area contributed by atoms with E-state index in [4.69, 9.17) is 9.36 Å². The lowest BCUT2D eigenvalue weighted by Gasteiger charge is -2.17. The molecule has 0 amide bonds. The van der Waals surface area contributed by atoms with Crippen LogP contribution >= 0.6 is 20.0 Å². The third-order valence-electron chi connectivity index (χ3n) is 5.35. The summed E-state index contributed by atoms with van der Waals surface area (Å²) in [5, 5.41) is 4.73. The molecule has 0 unspecified atom stereocenters. The summed E-state index contributed by atoms with van der Waals surface area (Å²) in [5.74, 6) is -0.795. The van der Waals surface area contributed by atoms with E-state index in [0.717, 1.165) is 0 Å². The van der Waals surface area contributed by atoms with Crippen molar-refractivity contribution in [3.8, 4) is 5.75 Å². The Balaban J connectivity index is 1.80. The van der Waals surface area contributed by atoms with Crippen LogP contribution in [0.15, 0.2) is 119 Å². The highest BCUT2D eigenvalue weighted by Gasteiger charge is 2.32. The van der Waals surface area contributed by atoms with E-state index >= 15 is 0 Å². The summed E-state index contributed by atoms with van der Waals surface area (Å²) in [5.41, 5.74) is -0.0861. The van der Waals surface area contributed by atoms with Gasteiger partial charge in [0.2, 0.25) is 11.6 Å². The number of carbonyl (C=O) groups is 2. The van der Waals surface area contributed by atoms with Crippen molar-refractivity contribution in [3.63, 3.8) is 0 Å². The molecule has 0 saturated carbocycles. The van der Waals surface area contributed by atoms with E-state index in [-0.39, 0.29) is 11.1 Å². The van der Waals surface area contributed by atoms with Gasteiger partial charge < -0.3 is 9.36 Å². The number of benzene rings is 4. The SMILES string of the molecule is COc1ccc(C(=O)/C(=N\OP(=O)(c2ccccc2)c2ccccc2)C(=O)c2ccc(S)cc2)cc1. The molecule has 0 saturated heterocycles. The molecule has 4 aromatic rings. The van der Waals surface area contributed by atoms with Crippen LogP contribution in [0.5, 0.6) is 5.75 Å². The fourth-order valence-corrected chi connectivity index (χ4v) is 5.37. The van der Waals surface area contributed by atoms with Crippen molar-refractivity contribution in [2.75, 3.05) is 7.11 Å². The molecule has 8 heteroatoms. The van der Waals surface area contributed by atoms with Gasteiger partial charge in [-0.3, -0.25) is 14.2 Å². The number of hydrogen-bond donors (Lipinski definition) is 1. The highest BCUT2D eigenvalue weighted by Crippen LogP contribution is 2.45. The standard InChI is InChI=1S/C28H22NO5PS/c1-33-22-16-12-20(13-17-22)27(30)26(28(31)21-14-18-25(36)19-15-21)29-34-35(32,23-8-4-2-5-9-23)24-10-6-3-7-11-24/h2-19,36H,1H3/b29-26+. The summed E-state index contributed by atoms with van der Waals surface area (Å²) < 4.78 is 25.0. The molecule has 0 atom stereocenters. The van der Waals surface area contributed by atoms with Gasteiger partial charge in [0.05, 0.1) is 17.7 Å². The van der Waals surface area contributed by atoms with Gasteiger partial charge in [0, 0.05) is 16.0 Å². The summed E-state index contributed by atoms with van der Waals surface area (Å²) in [7, 11) is -2.27. The number of Topliss-reactive ketones (excluding diaryl/α,β-unsaturated/α-hetero) is 2. The van der Waals surface area contributed by atoms with E-state index in [0.29, 0.717) is 21.3 Å². The Morgan fingerprint density at radius 2 is 1.14 bits per heavy atom. The van der Waals surface area contributed by atoms with Gasteiger partial charge in [-0.25, -0.2) is 0 Å². The molecule has 0 heterocycles. The van der Waals surface area contributed by atoms with Crippen LogP contribution in [-0.4, -0.2) is 24.4 Å². The first kappa shape index (κ1) is 25.2. The molecule has 0 N–H and O–H groups in total. The number of ketones is 2. The number of rotatable bonds is 9. The number of ether oxygens (including phenoxy) is 1. The molecule has 4 rings (SSSR count). The average Bonchev–Trinajstić information content (AvgIpc) is 2.94. The van der Waals surface area contributed by atoms with Gasteiger partial charge >= 0.3 is 7.37 Å². The van der Waals surface area contributed by atoms with E-state index in [1.165, 1.54) is 31.4 Å². The molecule has 0 aromatic heterocycles. The molecule has 4 aromatic carbocycles. The molecule has 0 fully saturated rings. The summed E-state index contributed by atoms with van der Waals surface area (Å²) >= 11 is 4.25. The monoisotopic (exact) mass is 515 g/mol. The van der Waals surface area contributed by atoms with Crippen LogP contribution < -0.4 is 15.3 Å². The maximum Gasteiger partial charge on any atom is 0.330 e. The zero-order valence-corrected chi connectivity index (χ0v) is 21.1. The van der Waals surface area contributed by atoms with Crippen LogP contribution in [0.2, 0.25) is 0 Å². The van der Waals surface area contributed by atoms with E-state index in [1.54, 1.807) is 84.9 Å². The van der Waals surface area contributed by atoms with Crippen LogP contribution in [0.3, 0.4) is 0 Å². The van der Waals surface area contributed by atoms with Crippen molar-refractivity contribution in [2.24, 2.45) is 5.16 Å². The van der Waals surface area contributed by atoms with E-state index in [9.17, 15) is 14.2 Å². The minimum Gasteiger partial charge on any atom is -0.497 e. The van der Waals surface area contributed by atoms with Crippen LogP contribution in [0.4, 0.5) is 0 Å². The number of thiol groups is 1. The van der Waals surface area contributed by atoms with Crippen molar-refractivity contribution < 1.29 is 23.5 Å². The molecule has 0 bridgehead atoms. The second-order valence-corrected chi connectivity index (χ2v) is 10.5. The van der Waals surface area contributed by atoms with Gasteiger partial charge in [0.1, 0.15) is 5.75 Å². The van der Waals surface area contributed by atoms with Crippen molar-refractivity contribution in [1.29, 1.82) is 0 Å². The molecule has 36 heavy (non-hydrogen) atoms. The van der Waals surface area contributed by atoms with Crippen LogP contribution in [-0.2, 0) is 9.19 Å². The third kappa shape index (κ3) is 5.48. The van der Waals surface area contributed by atoms with Crippen LogP contribution in [0.25, 0.3) is 0 Å². The van der Waals surface area contributed by atoms with E-state index in [1.807, 2.05) is 0 Å². The Labute approximate surface area is 214 Å². The van der Waals surface area contributed by atoms with Crippen LogP contribution in [0, 0.1) is 0 Å². The quantitative estimate of drug-likeness (QED) is 0.0812. The minimum absolute atomic E-state index is 0.201. The molecule has 0 spiro atoms. The smallest absolute Gasteiger partial charge is 0.330 e. The largest absolute Gasteiger partial charge is 0.497 e. The third-order valence-corrected chi connectivity index (χ3v) is 7.92. The van der Waals surface area contributed by atoms with Gasteiger partial charge in [0.15, 0.2) is 5.71 Å². The highest BCUT2D eigenvalue weighted by molar-refractivity contribution is 7.80. The van der Waals surface area contributed by atoms with Crippen molar-refractivity contribution in [3.05, 3.63) is 120 Å².